The van der Waals surface area contributed by atoms with Crippen molar-refractivity contribution in [2.45, 2.75) is 19.5 Å². The molecule has 1 heterocycles. The van der Waals surface area contributed by atoms with Crippen molar-refractivity contribution in [3.8, 4) is 23.0 Å². The molecule has 1 aliphatic heterocycles. The fraction of sp³-hybridized carbons (Fsp3) is 0.222. The maximum Gasteiger partial charge on any atom is 0.299 e. The van der Waals surface area contributed by atoms with Crippen molar-refractivity contribution < 1.29 is 38.1 Å². The van der Waals surface area contributed by atoms with Gasteiger partial charge in [-0.05, 0) is 72.1 Å². The van der Waals surface area contributed by atoms with Gasteiger partial charge in [0.25, 0.3) is 17.6 Å². The Morgan fingerprint density at radius 2 is 1.45 bits per heavy atom. The molecule has 1 N–H and O–H groups in total. The summed E-state index contributed by atoms with van der Waals surface area (Å²) in [5.41, 5.74) is 3.04. The molecule has 242 valence electrons. The van der Waals surface area contributed by atoms with Crippen molar-refractivity contribution in [3.05, 3.63) is 107 Å². The van der Waals surface area contributed by atoms with Crippen molar-refractivity contribution in [2.75, 3.05) is 45.2 Å². The van der Waals surface area contributed by atoms with Crippen LogP contribution in [0.3, 0.4) is 0 Å². The van der Waals surface area contributed by atoms with E-state index in [1.54, 1.807) is 67.8 Å². The second-order valence-corrected chi connectivity index (χ2v) is 10.8. The van der Waals surface area contributed by atoms with Crippen LogP contribution in [-0.4, -0.2) is 63.4 Å². The minimum Gasteiger partial charge on any atom is -0.497 e. The Balaban J connectivity index is 1.64. The average Bonchev–Trinajstić information content (AvgIpc) is 3.33. The Hall–Kier alpha value is -5.84. The van der Waals surface area contributed by atoms with E-state index in [4.69, 9.17) is 18.9 Å². The normalized spacial score (nSPS) is 12.7. The third kappa shape index (κ3) is 6.60. The highest BCUT2D eigenvalue weighted by Gasteiger charge is 2.40. The van der Waals surface area contributed by atoms with E-state index in [-0.39, 0.29) is 23.6 Å². The summed E-state index contributed by atoms with van der Waals surface area (Å²) in [5, 5.41) is 2.92. The molecule has 4 aromatic carbocycles. The molecular formula is C36H35N3O8. The number of amides is 3. The molecule has 1 atom stereocenters. The predicted molar refractivity (Wildman–Crippen MR) is 175 cm³/mol. The van der Waals surface area contributed by atoms with Gasteiger partial charge in [-0.2, -0.15) is 0 Å². The lowest BCUT2D eigenvalue weighted by Gasteiger charge is -2.33. The summed E-state index contributed by atoms with van der Waals surface area (Å²) in [6, 6.07) is 22.7. The Kier molecular flexibility index (Phi) is 9.74. The van der Waals surface area contributed by atoms with E-state index in [9.17, 15) is 19.2 Å². The fourth-order valence-electron chi connectivity index (χ4n) is 5.54. The van der Waals surface area contributed by atoms with Gasteiger partial charge in [0.05, 0.1) is 39.7 Å². The molecule has 0 aliphatic carbocycles. The van der Waals surface area contributed by atoms with Crippen LogP contribution in [0, 0.1) is 6.92 Å². The Morgan fingerprint density at radius 1 is 0.809 bits per heavy atom. The van der Waals surface area contributed by atoms with Gasteiger partial charge in [0.2, 0.25) is 11.7 Å². The molecular weight excluding hydrogens is 602 g/mol. The SMILES string of the molecule is COc1ccc(NC(=O)[C@@H](c2cc(OC)c(OC)c(OC)c2)N(Cc2ccccc2C)C(=O)CN2C(=O)C(=O)c3ccccc32)cc1. The zero-order valence-electron chi connectivity index (χ0n) is 26.7. The molecule has 1 aliphatic rings. The Morgan fingerprint density at radius 3 is 2.06 bits per heavy atom. The quantitative estimate of drug-likeness (QED) is 0.216. The first-order valence-electron chi connectivity index (χ1n) is 14.7. The van der Waals surface area contributed by atoms with Crippen molar-refractivity contribution in [3.63, 3.8) is 0 Å². The van der Waals surface area contributed by atoms with Crippen LogP contribution in [0.1, 0.15) is 33.1 Å². The number of ether oxygens (including phenoxy) is 4. The summed E-state index contributed by atoms with van der Waals surface area (Å²) in [7, 11) is 5.92. The van der Waals surface area contributed by atoms with Crippen LogP contribution < -0.4 is 29.2 Å². The van der Waals surface area contributed by atoms with Gasteiger partial charge in [-0.25, -0.2) is 0 Å². The second kappa shape index (κ2) is 14.1. The van der Waals surface area contributed by atoms with Crippen LogP contribution in [0.25, 0.3) is 0 Å². The van der Waals surface area contributed by atoms with E-state index in [0.717, 1.165) is 16.0 Å². The van der Waals surface area contributed by atoms with Crippen molar-refractivity contribution in [1.29, 1.82) is 0 Å². The third-order valence-corrected chi connectivity index (χ3v) is 8.01. The van der Waals surface area contributed by atoms with Crippen LogP contribution >= 0.6 is 0 Å². The number of carbonyl (C=O) groups is 4. The summed E-state index contributed by atoms with van der Waals surface area (Å²) >= 11 is 0. The molecule has 5 rings (SSSR count). The summed E-state index contributed by atoms with van der Waals surface area (Å²) in [6.45, 7) is 1.42. The minimum absolute atomic E-state index is 0.000486. The second-order valence-electron chi connectivity index (χ2n) is 10.8. The first kappa shape index (κ1) is 32.6. The number of aryl methyl sites for hydroxylation is 1. The van der Waals surface area contributed by atoms with E-state index in [1.807, 2.05) is 31.2 Å². The molecule has 0 unspecified atom stereocenters. The molecule has 0 aromatic heterocycles. The lowest BCUT2D eigenvalue weighted by atomic mass is 10.00. The van der Waals surface area contributed by atoms with Gasteiger partial charge in [-0.1, -0.05) is 36.4 Å². The number of rotatable bonds is 12. The molecule has 4 aromatic rings. The number of benzene rings is 4. The van der Waals surface area contributed by atoms with Crippen molar-refractivity contribution >= 4 is 34.9 Å². The average molecular weight is 638 g/mol. The first-order chi connectivity index (χ1) is 22.7. The van der Waals surface area contributed by atoms with Crippen LogP contribution in [0.15, 0.2) is 84.9 Å². The number of hydrogen-bond donors (Lipinski definition) is 1. The highest BCUT2D eigenvalue weighted by molar-refractivity contribution is 6.52. The molecule has 47 heavy (non-hydrogen) atoms. The topological polar surface area (TPSA) is 124 Å². The summed E-state index contributed by atoms with van der Waals surface area (Å²) in [6.07, 6.45) is 0. The number of ketones is 1. The Bertz CT molecular complexity index is 1800. The van der Waals surface area contributed by atoms with Crippen LogP contribution in [0.4, 0.5) is 11.4 Å². The largest absolute Gasteiger partial charge is 0.497 e. The van der Waals surface area contributed by atoms with Gasteiger partial charge in [-0.3, -0.25) is 24.1 Å². The monoisotopic (exact) mass is 637 g/mol. The van der Waals surface area contributed by atoms with Gasteiger partial charge in [-0.15, -0.1) is 0 Å². The number of para-hydroxylation sites is 1. The third-order valence-electron chi connectivity index (χ3n) is 8.01. The first-order valence-corrected chi connectivity index (χ1v) is 14.7. The molecule has 0 spiro atoms. The van der Waals surface area contributed by atoms with Crippen molar-refractivity contribution in [2.24, 2.45) is 0 Å². The zero-order chi connectivity index (χ0) is 33.7. The molecule has 0 bridgehead atoms. The van der Waals surface area contributed by atoms with E-state index in [2.05, 4.69) is 5.32 Å². The maximum absolute atomic E-state index is 14.5. The Labute approximate surface area is 272 Å². The standard InChI is InChI=1S/C36H35N3O8/c1-22-10-6-7-11-23(22)20-39(31(40)21-38-28-13-9-8-12-27(28)33(41)36(38)43)32(35(42)37-25-14-16-26(44-2)17-15-25)24-18-29(45-3)34(47-5)30(19-24)46-4/h6-19,32H,20-21H2,1-5H3,(H,37,42)/t32-/m1/s1. The van der Waals surface area contributed by atoms with Gasteiger partial charge in [0.1, 0.15) is 18.3 Å². The number of nitrogens with zero attached hydrogens (tertiary/aromatic N) is 2. The summed E-state index contributed by atoms with van der Waals surface area (Å²) in [5.74, 6) is -1.17. The smallest absolute Gasteiger partial charge is 0.299 e. The van der Waals surface area contributed by atoms with Crippen molar-refractivity contribution in [1.82, 2.24) is 4.90 Å². The van der Waals surface area contributed by atoms with Gasteiger partial charge in [0.15, 0.2) is 11.5 Å². The minimum atomic E-state index is -1.26. The molecule has 0 saturated carbocycles. The molecule has 11 nitrogen and oxygen atoms in total. The number of hydrogen-bond acceptors (Lipinski definition) is 8. The molecule has 11 heteroatoms. The lowest BCUT2D eigenvalue weighted by Crippen LogP contribution is -2.46. The van der Waals surface area contributed by atoms with Gasteiger partial charge < -0.3 is 29.2 Å². The maximum atomic E-state index is 14.5. The molecule has 3 amide bonds. The van der Waals surface area contributed by atoms with E-state index in [0.29, 0.717) is 28.4 Å². The number of Topliss-reactive ketones (excluding diaryl/α,β-unsaturated/α-hetero) is 1. The van der Waals surface area contributed by atoms with Crippen LogP contribution in [0.5, 0.6) is 23.0 Å². The van der Waals surface area contributed by atoms with Crippen LogP contribution in [-0.2, 0) is 20.9 Å². The highest BCUT2D eigenvalue weighted by atomic mass is 16.5. The molecule has 0 fully saturated rings. The highest BCUT2D eigenvalue weighted by Crippen LogP contribution is 2.41. The van der Waals surface area contributed by atoms with Gasteiger partial charge >= 0.3 is 0 Å². The summed E-state index contributed by atoms with van der Waals surface area (Å²) < 4.78 is 22.0. The zero-order valence-corrected chi connectivity index (χ0v) is 26.7. The van der Waals surface area contributed by atoms with Gasteiger partial charge in [0, 0.05) is 12.2 Å². The number of nitrogens with one attached hydrogen (secondary N) is 1. The van der Waals surface area contributed by atoms with E-state index >= 15 is 0 Å². The number of methoxy groups -OCH3 is 4. The molecule has 0 radical (unpaired) electrons. The summed E-state index contributed by atoms with van der Waals surface area (Å²) in [4.78, 5) is 57.3. The van der Waals surface area contributed by atoms with E-state index in [1.165, 1.54) is 26.2 Å². The van der Waals surface area contributed by atoms with Crippen LogP contribution in [0.2, 0.25) is 0 Å². The van der Waals surface area contributed by atoms with E-state index < -0.39 is 36.1 Å². The number of fused-ring (bicyclic) bond motifs is 1. The molecule has 0 saturated heterocycles. The fourth-order valence-corrected chi connectivity index (χ4v) is 5.54. The lowest BCUT2D eigenvalue weighted by molar-refractivity contribution is -0.139. The number of anilines is 2. The predicted octanol–water partition coefficient (Wildman–Crippen LogP) is 4.97. The number of carbonyl (C=O) groups excluding carboxylic acids is 4.